The Morgan fingerprint density at radius 2 is 2.43 bits per heavy atom. The predicted molar refractivity (Wildman–Crippen MR) is 54.9 cm³/mol. The molecular formula is C10H20N2O2. The Kier molecular flexibility index (Phi) is 3.89. The molecule has 1 rings (SSSR count). The molecule has 1 amide bonds. The summed E-state index contributed by atoms with van der Waals surface area (Å²) in [6, 6.07) is 0. The average molecular weight is 200 g/mol. The number of aliphatic hydroxyl groups is 1. The number of carbonyl (C=O) groups is 1. The second-order valence-electron chi connectivity index (χ2n) is 4.03. The first-order chi connectivity index (χ1) is 6.60. The van der Waals surface area contributed by atoms with Crippen LogP contribution < -0.4 is 10.6 Å². The summed E-state index contributed by atoms with van der Waals surface area (Å²) in [6.45, 7) is 4.93. The Morgan fingerprint density at radius 1 is 1.71 bits per heavy atom. The van der Waals surface area contributed by atoms with Crippen molar-refractivity contribution in [3.05, 3.63) is 0 Å². The summed E-state index contributed by atoms with van der Waals surface area (Å²) in [6.07, 6.45) is 2.28. The number of carbonyl (C=O) groups excluding carboxylic acids is 1. The van der Waals surface area contributed by atoms with E-state index in [1.54, 1.807) is 6.92 Å². The van der Waals surface area contributed by atoms with E-state index < -0.39 is 6.10 Å². The van der Waals surface area contributed by atoms with Gasteiger partial charge in [0, 0.05) is 6.54 Å². The molecular weight excluding hydrogens is 180 g/mol. The molecule has 0 aromatic carbocycles. The highest BCUT2D eigenvalue weighted by molar-refractivity contribution is 5.86. The highest BCUT2D eigenvalue weighted by Crippen LogP contribution is 2.22. The molecule has 0 spiro atoms. The summed E-state index contributed by atoms with van der Waals surface area (Å²) < 4.78 is 0. The molecule has 3 N–H and O–H groups in total. The standard InChI is InChI=1S/C10H20N2O2/c1-3-10(5-4-6-12-10)9(14)11-7-8(2)13/h8,12-13H,3-7H2,1-2H3,(H,11,14). The maximum absolute atomic E-state index is 11.8. The van der Waals surface area contributed by atoms with Crippen LogP contribution in [0.3, 0.4) is 0 Å². The highest BCUT2D eigenvalue weighted by atomic mass is 16.3. The van der Waals surface area contributed by atoms with E-state index in [-0.39, 0.29) is 11.4 Å². The van der Waals surface area contributed by atoms with Gasteiger partial charge in [0.1, 0.15) is 0 Å². The summed E-state index contributed by atoms with van der Waals surface area (Å²) in [5, 5.41) is 15.1. The SMILES string of the molecule is CCC1(C(=O)NCC(C)O)CCCN1. The summed E-state index contributed by atoms with van der Waals surface area (Å²) in [5.74, 6) is 0.0263. The Labute approximate surface area is 85.1 Å². The lowest BCUT2D eigenvalue weighted by Crippen LogP contribution is -2.54. The molecule has 1 fully saturated rings. The largest absolute Gasteiger partial charge is 0.392 e. The first-order valence-corrected chi connectivity index (χ1v) is 5.32. The van der Waals surface area contributed by atoms with Gasteiger partial charge >= 0.3 is 0 Å². The number of hydrogen-bond acceptors (Lipinski definition) is 3. The third-order valence-corrected chi connectivity index (χ3v) is 2.84. The molecule has 1 heterocycles. The molecule has 0 radical (unpaired) electrons. The van der Waals surface area contributed by atoms with E-state index in [1.807, 2.05) is 6.92 Å². The Bertz CT molecular complexity index is 198. The van der Waals surface area contributed by atoms with E-state index in [4.69, 9.17) is 5.11 Å². The molecule has 0 aliphatic carbocycles. The van der Waals surface area contributed by atoms with Crippen molar-refractivity contribution in [2.75, 3.05) is 13.1 Å². The molecule has 0 aromatic rings. The number of hydrogen-bond donors (Lipinski definition) is 3. The highest BCUT2D eigenvalue weighted by Gasteiger charge is 2.38. The maximum atomic E-state index is 11.8. The lowest BCUT2D eigenvalue weighted by Gasteiger charge is -2.26. The van der Waals surface area contributed by atoms with Gasteiger partial charge in [0.15, 0.2) is 0 Å². The lowest BCUT2D eigenvalue weighted by atomic mass is 9.93. The minimum absolute atomic E-state index is 0.0263. The van der Waals surface area contributed by atoms with Crippen LogP contribution in [0.25, 0.3) is 0 Å². The number of rotatable bonds is 4. The van der Waals surface area contributed by atoms with Crippen LogP contribution in [0.1, 0.15) is 33.1 Å². The van der Waals surface area contributed by atoms with E-state index >= 15 is 0 Å². The normalized spacial score (nSPS) is 28.8. The van der Waals surface area contributed by atoms with E-state index in [9.17, 15) is 4.79 Å². The van der Waals surface area contributed by atoms with Crippen molar-refractivity contribution in [1.29, 1.82) is 0 Å². The fourth-order valence-electron chi connectivity index (χ4n) is 1.87. The van der Waals surface area contributed by atoms with E-state index in [2.05, 4.69) is 10.6 Å². The van der Waals surface area contributed by atoms with Crippen molar-refractivity contribution in [2.45, 2.75) is 44.8 Å². The molecule has 0 aromatic heterocycles. The van der Waals surface area contributed by atoms with E-state index in [0.29, 0.717) is 6.54 Å². The summed E-state index contributed by atoms with van der Waals surface area (Å²) in [5.41, 5.74) is -0.380. The number of nitrogens with one attached hydrogen (secondary N) is 2. The van der Waals surface area contributed by atoms with Crippen LogP contribution >= 0.6 is 0 Å². The third kappa shape index (κ3) is 2.45. The average Bonchev–Trinajstić information content (AvgIpc) is 2.63. The zero-order valence-electron chi connectivity index (χ0n) is 8.97. The van der Waals surface area contributed by atoms with Crippen LogP contribution in [0, 0.1) is 0 Å². The predicted octanol–water partition coefficient (Wildman–Crippen LogP) is 0.0156. The van der Waals surface area contributed by atoms with Crippen molar-refractivity contribution >= 4 is 5.91 Å². The van der Waals surface area contributed by atoms with Crippen LogP contribution in [0.5, 0.6) is 0 Å². The van der Waals surface area contributed by atoms with Gasteiger partial charge in [0.2, 0.25) is 5.91 Å². The van der Waals surface area contributed by atoms with Crippen LogP contribution in [0.15, 0.2) is 0 Å². The molecule has 1 aliphatic heterocycles. The minimum Gasteiger partial charge on any atom is -0.392 e. The Morgan fingerprint density at radius 3 is 2.86 bits per heavy atom. The van der Waals surface area contributed by atoms with E-state index in [0.717, 1.165) is 25.8 Å². The number of amides is 1. The van der Waals surface area contributed by atoms with Gasteiger partial charge < -0.3 is 15.7 Å². The van der Waals surface area contributed by atoms with Crippen molar-refractivity contribution in [1.82, 2.24) is 10.6 Å². The minimum atomic E-state index is -0.478. The molecule has 0 bridgehead atoms. The molecule has 14 heavy (non-hydrogen) atoms. The molecule has 4 heteroatoms. The fourth-order valence-corrected chi connectivity index (χ4v) is 1.87. The topological polar surface area (TPSA) is 61.4 Å². The first kappa shape index (κ1) is 11.5. The lowest BCUT2D eigenvalue weighted by molar-refractivity contribution is -0.127. The van der Waals surface area contributed by atoms with Gasteiger partial charge in [-0.1, -0.05) is 6.92 Å². The van der Waals surface area contributed by atoms with Crippen LogP contribution in [-0.2, 0) is 4.79 Å². The van der Waals surface area contributed by atoms with Crippen molar-refractivity contribution < 1.29 is 9.90 Å². The van der Waals surface area contributed by atoms with Crippen molar-refractivity contribution in [2.24, 2.45) is 0 Å². The van der Waals surface area contributed by atoms with Crippen molar-refractivity contribution in [3.8, 4) is 0 Å². The zero-order chi connectivity index (χ0) is 10.6. The van der Waals surface area contributed by atoms with Crippen LogP contribution in [0.4, 0.5) is 0 Å². The van der Waals surface area contributed by atoms with Gasteiger partial charge in [-0.05, 0) is 32.7 Å². The zero-order valence-corrected chi connectivity index (χ0v) is 8.97. The second-order valence-corrected chi connectivity index (χ2v) is 4.03. The third-order valence-electron chi connectivity index (χ3n) is 2.84. The molecule has 2 unspecified atom stereocenters. The summed E-state index contributed by atoms with van der Waals surface area (Å²) >= 11 is 0. The molecule has 1 saturated heterocycles. The van der Waals surface area contributed by atoms with Gasteiger partial charge in [0.25, 0.3) is 0 Å². The van der Waals surface area contributed by atoms with E-state index in [1.165, 1.54) is 0 Å². The molecule has 82 valence electrons. The smallest absolute Gasteiger partial charge is 0.240 e. The molecule has 2 atom stereocenters. The Balaban J connectivity index is 2.48. The monoisotopic (exact) mass is 200 g/mol. The number of aliphatic hydroxyl groups excluding tert-OH is 1. The van der Waals surface area contributed by atoms with Gasteiger partial charge in [-0.3, -0.25) is 4.79 Å². The van der Waals surface area contributed by atoms with Gasteiger partial charge in [-0.2, -0.15) is 0 Å². The molecule has 0 saturated carbocycles. The second kappa shape index (κ2) is 4.75. The quantitative estimate of drug-likeness (QED) is 0.599. The molecule has 1 aliphatic rings. The summed E-state index contributed by atoms with van der Waals surface area (Å²) in [4.78, 5) is 11.8. The molecule has 4 nitrogen and oxygen atoms in total. The maximum Gasteiger partial charge on any atom is 0.240 e. The van der Waals surface area contributed by atoms with Crippen LogP contribution in [0.2, 0.25) is 0 Å². The van der Waals surface area contributed by atoms with Crippen molar-refractivity contribution in [3.63, 3.8) is 0 Å². The van der Waals surface area contributed by atoms with Gasteiger partial charge in [-0.15, -0.1) is 0 Å². The Hall–Kier alpha value is -0.610. The van der Waals surface area contributed by atoms with Crippen LogP contribution in [-0.4, -0.2) is 35.7 Å². The van der Waals surface area contributed by atoms with Gasteiger partial charge in [0.05, 0.1) is 11.6 Å². The first-order valence-electron chi connectivity index (χ1n) is 5.32. The fraction of sp³-hybridized carbons (Fsp3) is 0.900. The summed E-state index contributed by atoms with van der Waals surface area (Å²) in [7, 11) is 0. The van der Waals surface area contributed by atoms with Gasteiger partial charge in [-0.25, -0.2) is 0 Å².